The van der Waals surface area contributed by atoms with Gasteiger partial charge in [-0.3, -0.25) is 0 Å². The van der Waals surface area contributed by atoms with Crippen LogP contribution in [0, 0.1) is 0 Å². The van der Waals surface area contributed by atoms with Crippen molar-refractivity contribution in [2.75, 3.05) is 0 Å². The summed E-state index contributed by atoms with van der Waals surface area (Å²) in [5.74, 6) is 1.64. The predicted molar refractivity (Wildman–Crippen MR) is 68.7 cm³/mol. The van der Waals surface area contributed by atoms with Crippen LogP contribution < -0.4 is 4.74 Å². The third kappa shape index (κ3) is 2.02. The third-order valence-corrected chi connectivity index (χ3v) is 2.70. The van der Waals surface area contributed by atoms with E-state index < -0.39 is 0 Å². The van der Waals surface area contributed by atoms with Crippen molar-refractivity contribution in [2.24, 2.45) is 0 Å². The molecule has 0 unspecified atom stereocenters. The van der Waals surface area contributed by atoms with Crippen molar-refractivity contribution in [1.82, 2.24) is 0 Å². The molecule has 0 aliphatic carbocycles. The Morgan fingerprint density at radius 1 is 1.00 bits per heavy atom. The molecule has 3 aromatic rings. The molecule has 1 heterocycles. The quantitative estimate of drug-likeness (QED) is 0.758. The highest BCUT2D eigenvalue weighted by molar-refractivity contribution is 5.83. The van der Waals surface area contributed by atoms with Crippen molar-refractivity contribution in [3.8, 4) is 11.5 Å². The minimum absolute atomic E-state index is 0.151. The second kappa shape index (κ2) is 4.45. The molecule has 0 radical (unpaired) electrons. The van der Waals surface area contributed by atoms with Gasteiger partial charge in [-0.15, -0.1) is 0 Å². The topological polar surface area (TPSA) is 42.6 Å². The van der Waals surface area contributed by atoms with Crippen LogP contribution in [0.3, 0.4) is 0 Å². The van der Waals surface area contributed by atoms with E-state index in [0.717, 1.165) is 11.1 Å². The maximum Gasteiger partial charge on any atom is 0.176 e. The Morgan fingerprint density at radius 3 is 2.61 bits per heavy atom. The SMILES string of the molecule is Oc1cccc2cc(COc3ccccc3)oc12. The lowest BCUT2D eigenvalue weighted by molar-refractivity contribution is 0.273. The molecule has 18 heavy (non-hydrogen) atoms. The third-order valence-electron chi connectivity index (χ3n) is 2.70. The molecule has 0 amide bonds. The first kappa shape index (κ1) is 10.7. The van der Waals surface area contributed by atoms with E-state index in [1.807, 2.05) is 42.5 Å². The van der Waals surface area contributed by atoms with Gasteiger partial charge in [-0.1, -0.05) is 30.3 Å². The van der Waals surface area contributed by atoms with Gasteiger partial charge in [0.1, 0.15) is 18.1 Å². The van der Waals surface area contributed by atoms with Crippen LogP contribution in [0.25, 0.3) is 11.0 Å². The van der Waals surface area contributed by atoms with Gasteiger partial charge >= 0.3 is 0 Å². The average molecular weight is 240 g/mol. The van der Waals surface area contributed by atoms with Gasteiger partial charge in [0.15, 0.2) is 11.3 Å². The van der Waals surface area contributed by atoms with Gasteiger partial charge in [0, 0.05) is 5.39 Å². The van der Waals surface area contributed by atoms with E-state index >= 15 is 0 Å². The van der Waals surface area contributed by atoms with Crippen LogP contribution in [0.2, 0.25) is 0 Å². The Hall–Kier alpha value is -2.42. The van der Waals surface area contributed by atoms with E-state index in [1.54, 1.807) is 12.1 Å². The number of fused-ring (bicyclic) bond motifs is 1. The monoisotopic (exact) mass is 240 g/mol. The number of benzene rings is 2. The highest BCUT2D eigenvalue weighted by Gasteiger charge is 2.07. The van der Waals surface area contributed by atoms with Gasteiger partial charge in [0.05, 0.1) is 0 Å². The normalized spacial score (nSPS) is 10.7. The number of rotatable bonds is 3. The molecule has 0 bridgehead atoms. The second-order valence-electron chi connectivity index (χ2n) is 4.01. The lowest BCUT2D eigenvalue weighted by Crippen LogP contribution is -1.92. The maximum absolute atomic E-state index is 9.64. The summed E-state index contributed by atoms with van der Waals surface area (Å²) in [7, 11) is 0. The number of hydrogen-bond acceptors (Lipinski definition) is 3. The Morgan fingerprint density at radius 2 is 1.83 bits per heavy atom. The highest BCUT2D eigenvalue weighted by Crippen LogP contribution is 2.28. The maximum atomic E-state index is 9.64. The summed E-state index contributed by atoms with van der Waals surface area (Å²) in [6.45, 7) is 0.345. The Balaban J connectivity index is 1.81. The summed E-state index contributed by atoms with van der Waals surface area (Å²) in [6, 6.07) is 16.7. The van der Waals surface area contributed by atoms with Gasteiger partial charge in [0.25, 0.3) is 0 Å². The molecule has 0 fully saturated rings. The van der Waals surface area contributed by atoms with Crippen LogP contribution in [0.5, 0.6) is 11.5 Å². The first-order chi connectivity index (χ1) is 8.83. The van der Waals surface area contributed by atoms with E-state index in [0.29, 0.717) is 18.0 Å². The molecule has 0 atom stereocenters. The fraction of sp³-hybridized carbons (Fsp3) is 0.0667. The molecule has 3 nitrogen and oxygen atoms in total. The first-order valence-electron chi connectivity index (χ1n) is 5.71. The van der Waals surface area contributed by atoms with Crippen molar-refractivity contribution in [1.29, 1.82) is 0 Å². The molecule has 0 saturated carbocycles. The van der Waals surface area contributed by atoms with Gasteiger partial charge in [0.2, 0.25) is 0 Å². The number of hydrogen-bond donors (Lipinski definition) is 1. The molecule has 0 saturated heterocycles. The fourth-order valence-electron chi connectivity index (χ4n) is 1.84. The summed E-state index contributed by atoms with van der Waals surface area (Å²) in [4.78, 5) is 0. The molecule has 1 N–H and O–H groups in total. The number of ether oxygens (including phenoxy) is 1. The van der Waals surface area contributed by atoms with Crippen molar-refractivity contribution >= 4 is 11.0 Å². The zero-order valence-electron chi connectivity index (χ0n) is 9.67. The lowest BCUT2D eigenvalue weighted by atomic mass is 10.2. The Bertz CT molecular complexity index is 656. The number of furan rings is 1. The predicted octanol–water partition coefficient (Wildman–Crippen LogP) is 3.72. The minimum Gasteiger partial charge on any atom is -0.504 e. The van der Waals surface area contributed by atoms with Crippen molar-refractivity contribution in [3.63, 3.8) is 0 Å². The standard InChI is InChI=1S/C15H12O3/c16-14-8-4-5-11-9-13(18-15(11)14)10-17-12-6-2-1-3-7-12/h1-9,16H,10H2. The molecule has 0 aliphatic rings. The van der Waals surface area contributed by atoms with Crippen molar-refractivity contribution in [2.45, 2.75) is 6.61 Å². The van der Waals surface area contributed by atoms with E-state index in [-0.39, 0.29) is 5.75 Å². The van der Waals surface area contributed by atoms with Gasteiger partial charge in [-0.2, -0.15) is 0 Å². The molecule has 0 aliphatic heterocycles. The van der Waals surface area contributed by atoms with Gasteiger partial charge in [-0.25, -0.2) is 0 Å². The number of phenols is 1. The van der Waals surface area contributed by atoms with Crippen LogP contribution in [0.1, 0.15) is 5.76 Å². The first-order valence-corrected chi connectivity index (χ1v) is 5.71. The Kier molecular flexibility index (Phi) is 2.65. The number of phenolic OH excluding ortho intramolecular Hbond substituents is 1. The largest absolute Gasteiger partial charge is 0.504 e. The molecule has 90 valence electrons. The zero-order chi connectivity index (χ0) is 12.4. The number of para-hydroxylation sites is 2. The summed E-state index contributed by atoms with van der Waals surface area (Å²) in [5.41, 5.74) is 0.504. The van der Waals surface area contributed by atoms with Crippen LogP contribution in [-0.2, 0) is 6.61 Å². The molecular formula is C15H12O3. The van der Waals surface area contributed by atoms with Gasteiger partial charge in [-0.05, 0) is 24.3 Å². The lowest BCUT2D eigenvalue weighted by Gasteiger charge is -2.02. The molecule has 3 rings (SSSR count). The van der Waals surface area contributed by atoms with E-state index in [1.165, 1.54) is 0 Å². The van der Waals surface area contributed by atoms with Crippen LogP contribution >= 0.6 is 0 Å². The van der Waals surface area contributed by atoms with Crippen molar-refractivity contribution in [3.05, 3.63) is 60.4 Å². The average Bonchev–Trinajstić information content (AvgIpc) is 2.82. The number of aromatic hydroxyl groups is 1. The minimum atomic E-state index is 0.151. The smallest absolute Gasteiger partial charge is 0.176 e. The fourth-order valence-corrected chi connectivity index (χ4v) is 1.84. The molecule has 2 aromatic carbocycles. The van der Waals surface area contributed by atoms with E-state index in [9.17, 15) is 5.11 Å². The van der Waals surface area contributed by atoms with Crippen LogP contribution in [0.4, 0.5) is 0 Å². The highest BCUT2D eigenvalue weighted by atomic mass is 16.5. The zero-order valence-corrected chi connectivity index (χ0v) is 9.67. The summed E-state index contributed by atoms with van der Waals surface area (Å²) in [6.07, 6.45) is 0. The van der Waals surface area contributed by atoms with Gasteiger partial charge < -0.3 is 14.3 Å². The van der Waals surface area contributed by atoms with Crippen LogP contribution in [0.15, 0.2) is 59.0 Å². The second-order valence-corrected chi connectivity index (χ2v) is 4.01. The van der Waals surface area contributed by atoms with E-state index in [4.69, 9.17) is 9.15 Å². The molecular weight excluding hydrogens is 228 g/mol. The van der Waals surface area contributed by atoms with Crippen LogP contribution in [-0.4, -0.2) is 5.11 Å². The van der Waals surface area contributed by atoms with Crippen molar-refractivity contribution < 1.29 is 14.3 Å². The molecule has 0 spiro atoms. The Labute approximate surface area is 104 Å². The van der Waals surface area contributed by atoms with E-state index in [2.05, 4.69) is 0 Å². The summed E-state index contributed by atoms with van der Waals surface area (Å²) < 4.78 is 11.1. The summed E-state index contributed by atoms with van der Waals surface area (Å²) in [5, 5.41) is 10.5. The molecule has 3 heteroatoms. The summed E-state index contributed by atoms with van der Waals surface area (Å²) >= 11 is 0. The molecule has 1 aromatic heterocycles.